The normalized spacial score (nSPS) is 13.0. The Labute approximate surface area is 155 Å². The van der Waals surface area contributed by atoms with E-state index in [-0.39, 0.29) is 12.5 Å². The Hall–Kier alpha value is -3.73. The van der Waals surface area contributed by atoms with Crippen LogP contribution < -0.4 is 10.1 Å². The highest BCUT2D eigenvalue weighted by atomic mass is 16.5. The molecule has 0 bridgehead atoms. The molecule has 0 radical (unpaired) electrons. The summed E-state index contributed by atoms with van der Waals surface area (Å²) in [4.78, 5) is 12.2. The third kappa shape index (κ3) is 3.77. The molecule has 27 heavy (non-hydrogen) atoms. The van der Waals surface area contributed by atoms with Gasteiger partial charge in [0.05, 0.1) is 11.6 Å². The molecule has 1 heterocycles. The number of carbonyl (C=O) groups excluding carboxylic acids is 1. The van der Waals surface area contributed by atoms with Gasteiger partial charge in [0, 0.05) is 11.3 Å². The number of hydrogen-bond donors (Lipinski definition) is 1. The summed E-state index contributed by atoms with van der Waals surface area (Å²) in [5.74, 6) is 0.752. The van der Waals surface area contributed by atoms with Gasteiger partial charge in [-0.05, 0) is 47.5 Å². The summed E-state index contributed by atoms with van der Waals surface area (Å²) >= 11 is 0. The van der Waals surface area contributed by atoms with Gasteiger partial charge < -0.3 is 10.1 Å². The van der Waals surface area contributed by atoms with Gasteiger partial charge in [-0.15, -0.1) is 5.10 Å². The number of para-hydroxylation sites is 1. The van der Waals surface area contributed by atoms with E-state index in [4.69, 9.17) is 10.00 Å². The molecular formula is C19H16N6O2. The minimum atomic E-state index is -0.318. The maximum absolute atomic E-state index is 12.2. The van der Waals surface area contributed by atoms with Crippen molar-refractivity contribution in [3.63, 3.8) is 0 Å². The summed E-state index contributed by atoms with van der Waals surface area (Å²) in [6.45, 7) is -0.192. The maximum Gasteiger partial charge on any atom is 0.262 e. The van der Waals surface area contributed by atoms with Gasteiger partial charge in [-0.2, -0.15) is 5.26 Å². The fourth-order valence-corrected chi connectivity index (χ4v) is 2.71. The minimum Gasteiger partial charge on any atom is -0.482 e. The lowest BCUT2D eigenvalue weighted by Gasteiger charge is -2.09. The summed E-state index contributed by atoms with van der Waals surface area (Å²) in [6, 6.07) is 16.5. The Kier molecular flexibility index (Phi) is 4.49. The Bertz CT molecular complexity index is 1020. The minimum absolute atomic E-state index is 0.192. The molecule has 0 aliphatic heterocycles. The first-order valence-corrected chi connectivity index (χ1v) is 8.54. The van der Waals surface area contributed by atoms with E-state index in [2.05, 4.69) is 20.8 Å². The van der Waals surface area contributed by atoms with Crippen LogP contribution in [0.1, 0.15) is 24.4 Å². The fourth-order valence-electron chi connectivity index (χ4n) is 2.71. The van der Waals surface area contributed by atoms with E-state index in [1.165, 1.54) is 0 Å². The summed E-state index contributed by atoms with van der Waals surface area (Å²) in [5.41, 5.74) is 1.85. The zero-order valence-electron chi connectivity index (χ0n) is 14.4. The second kappa shape index (κ2) is 7.25. The number of nitrogens with one attached hydrogen (secondary N) is 1. The van der Waals surface area contributed by atoms with Gasteiger partial charge in [-0.1, -0.05) is 24.3 Å². The van der Waals surface area contributed by atoms with E-state index in [0.717, 1.165) is 18.4 Å². The Morgan fingerprint density at radius 3 is 2.93 bits per heavy atom. The van der Waals surface area contributed by atoms with Crippen LogP contribution in [0.15, 0.2) is 48.5 Å². The second-order valence-corrected chi connectivity index (χ2v) is 6.20. The standard InChI is InChI=1S/C19H16N6O2/c20-11-14-4-1-2-7-17(14)27-12-18(26)21-15-6-3-5-13(10-15)19-22-23-24-25(19)16-8-9-16/h1-7,10,16H,8-9,12H2,(H,21,26). The second-order valence-electron chi connectivity index (χ2n) is 6.20. The molecule has 2 aromatic carbocycles. The maximum atomic E-state index is 12.2. The molecule has 8 nitrogen and oxygen atoms in total. The molecule has 1 aromatic heterocycles. The van der Waals surface area contributed by atoms with Gasteiger partial charge in [0.2, 0.25) is 0 Å². The third-order valence-corrected chi connectivity index (χ3v) is 4.16. The van der Waals surface area contributed by atoms with Gasteiger partial charge in [-0.3, -0.25) is 4.79 Å². The van der Waals surface area contributed by atoms with Crippen molar-refractivity contribution in [1.82, 2.24) is 20.2 Å². The van der Waals surface area contributed by atoms with Crippen LogP contribution in [0.25, 0.3) is 11.4 Å². The quantitative estimate of drug-likeness (QED) is 0.724. The smallest absolute Gasteiger partial charge is 0.262 e. The number of rotatable bonds is 6. The number of carbonyl (C=O) groups is 1. The molecule has 1 saturated carbocycles. The van der Waals surface area contributed by atoms with Crippen molar-refractivity contribution in [3.05, 3.63) is 54.1 Å². The van der Waals surface area contributed by atoms with Crippen LogP contribution in [0.4, 0.5) is 5.69 Å². The molecule has 134 valence electrons. The van der Waals surface area contributed by atoms with Crippen molar-refractivity contribution in [3.8, 4) is 23.2 Å². The topological polar surface area (TPSA) is 106 Å². The molecule has 4 rings (SSSR count). The van der Waals surface area contributed by atoms with Crippen LogP contribution >= 0.6 is 0 Å². The van der Waals surface area contributed by atoms with E-state index in [9.17, 15) is 4.79 Å². The van der Waals surface area contributed by atoms with E-state index < -0.39 is 0 Å². The SMILES string of the molecule is N#Cc1ccccc1OCC(=O)Nc1cccc(-c2nnnn2C2CC2)c1. The van der Waals surface area contributed by atoms with Crippen molar-refractivity contribution in [2.75, 3.05) is 11.9 Å². The van der Waals surface area contributed by atoms with E-state index in [1.54, 1.807) is 30.3 Å². The van der Waals surface area contributed by atoms with Gasteiger partial charge in [-0.25, -0.2) is 4.68 Å². The van der Waals surface area contributed by atoms with Crippen molar-refractivity contribution in [2.45, 2.75) is 18.9 Å². The van der Waals surface area contributed by atoms with Crippen molar-refractivity contribution in [1.29, 1.82) is 5.26 Å². The Morgan fingerprint density at radius 2 is 2.11 bits per heavy atom. The number of hydrogen-bond acceptors (Lipinski definition) is 6. The number of nitrogens with zero attached hydrogens (tertiary/aromatic N) is 5. The molecule has 1 N–H and O–H groups in total. The van der Waals surface area contributed by atoms with E-state index >= 15 is 0 Å². The van der Waals surface area contributed by atoms with Crippen molar-refractivity contribution < 1.29 is 9.53 Å². The number of ether oxygens (including phenoxy) is 1. The number of anilines is 1. The molecule has 1 fully saturated rings. The number of nitriles is 1. The zero-order chi connectivity index (χ0) is 18.6. The Balaban J connectivity index is 1.43. The molecular weight excluding hydrogens is 344 g/mol. The Morgan fingerprint density at radius 1 is 1.26 bits per heavy atom. The lowest BCUT2D eigenvalue weighted by molar-refractivity contribution is -0.118. The average molecular weight is 360 g/mol. The van der Waals surface area contributed by atoms with Crippen molar-refractivity contribution >= 4 is 11.6 Å². The number of amides is 1. The van der Waals surface area contributed by atoms with Gasteiger partial charge in [0.25, 0.3) is 5.91 Å². The van der Waals surface area contributed by atoms with E-state index in [0.29, 0.717) is 28.9 Å². The lowest BCUT2D eigenvalue weighted by atomic mass is 10.2. The van der Waals surface area contributed by atoms with Crippen LogP contribution in [0.2, 0.25) is 0 Å². The van der Waals surface area contributed by atoms with Gasteiger partial charge in [0.1, 0.15) is 11.8 Å². The zero-order valence-corrected chi connectivity index (χ0v) is 14.4. The summed E-state index contributed by atoms with van der Waals surface area (Å²) < 4.78 is 7.27. The van der Waals surface area contributed by atoms with Crippen LogP contribution in [0.5, 0.6) is 5.75 Å². The highest BCUT2D eigenvalue weighted by molar-refractivity contribution is 5.92. The molecule has 1 aliphatic carbocycles. The number of benzene rings is 2. The predicted octanol–water partition coefficient (Wildman–Crippen LogP) is 2.56. The summed E-state index contributed by atoms with van der Waals surface area (Å²) in [5, 5.41) is 23.8. The fraction of sp³-hybridized carbons (Fsp3) is 0.211. The first kappa shape index (κ1) is 16.7. The molecule has 1 aliphatic rings. The molecule has 0 saturated heterocycles. The van der Waals surface area contributed by atoms with E-state index in [1.807, 2.05) is 29.0 Å². The summed E-state index contributed by atoms with van der Waals surface area (Å²) in [7, 11) is 0. The molecule has 0 spiro atoms. The highest BCUT2D eigenvalue weighted by Crippen LogP contribution is 2.36. The van der Waals surface area contributed by atoms with Crippen LogP contribution in [0, 0.1) is 11.3 Å². The molecule has 0 atom stereocenters. The van der Waals surface area contributed by atoms with Crippen LogP contribution in [0.3, 0.4) is 0 Å². The largest absolute Gasteiger partial charge is 0.482 e. The third-order valence-electron chi connectivity index (χ3n) is 4.16. The number of aromatic nitrogens is 4. The van der Waals surface area contributed by atoms with Gasteiger partial charge >= 0.3 is 0 Å². The van der Waals surface area contributed by atoms with Crippen LogP contribution in [-0.2, 0) is 4.79 Å². The number of tetrazole rings is 1. The molecule has 8 heteroatoms. The predicted molar refractivity (Wildman–Crippen MR) is 96.8 cm³/mol. The molecule has 0 unspecified atom stereocenters. The highest BCUT2D eigenvalue weighted by Gasteiger charge is 2.28. The molecule has 1 amide bonds. The monoisotopic (exact) mass is 360 g/mol. The van der Waals surface area contributed by atoms with Gasteiger partial charge in [0.15, 0.2) is 12.4 Å². The average Bonchev–Trinajstić information content (AvgIpc) is 3.43. The van der Waals surface area contributed by atoms with Crippen molar-refractivity contribution in [2.24, 2.45) is 0 Å². The van der Waals surface area contributed by atoms with Crippen LogP contribution in [-0.4, -0.2) is 32.7 Å². The lowest BCUT2D eigenvalue weighted by Crippen LogP contribution is -2.20. The summed E-state index contributed by atoms with van der Waals surface area (Å²) in [6.07, 6.45) is 2.16. The first-order chi connectivity index (χ1) is 13.2. The molecule has 3 aromatic rings. The first-order valence-electron chi connectivity index (χ1n) is 8.54.